The second kappa shape index (κ2) is 9.13. The third kappa shape index (κ3) is 5.10. The number of hydrogen-bond donors (Lipinski definition) is 2. The molecule has 10 heteroatoms. The van der Waals surface area contributed by atoms with Gasteiger partial charge in [0.25, 0.3) is 0 Å². The Kier molecular flexibility index (Phi) is 6.66. The van der Waals surface area contributed by atoms with Crippen molar-refractivity contribution in [2.24, 2.45) is 0 Å². The Bertz CT molecular complexity index is 1150. The predicted octanol–water partition coefficient (Wildman–Crippen LogP) is 6.51. The van der Waals surface area contributed by atoms with Crippen molar-refractivity contribution < 1.29 is 31.1 Å². The van der Waals surface area contributed by atoms with Crippen LogP contribution in [0.1, 0.15) is 24.1 Å². The molecule has 2 aromatic carbocycles. The maximum absolute atomic E-state index is 14.0. The van der Waals surface area contributed by atoms with E-state index in [9.17, 15) is 31.1 Å². The molecule has 1 aromatic heterocycles. The van der Waals surface area contributed by atoms with E-state index < -0.39 is 24.0 Å². The molecule has 4 nitrogen and oxygen atoms in total. The molecule has 1 amide bonds. The van der Waals surface area contributed by atoms with Crippen LogP contribution in [0.4, 0.5) is 37.8 Å². The van der Waals surface area contributed by atoms with Crippen LogP contribution in [0.25, 0.3) is 11.1 Å². The highest BCUT2D eigenvalue weighted by atomic mass is 19.4. The minimum atomic E-state index is -6.03. The van der Waals surface area contributed by atoms with Crippen molar-refractivity contribution in [3.63, 3.8) is 0 Å². The molecule has 2 N–H and O–H groups in total. The molecule has 0 aliphatic rings. The number of hydrogen-bond acceptors (Lipinski definition) is 3. The number of amides is 1. The first kappa shape index (κ1) is 24.1. The zero-order chi connectivity index (χ0) is 24.4. The SMILES string of the molecule is Cc1ccnc(NC(C)c2ccc(-c3ccccc3F)cc2)c1NC(=O)C(F)(F)C(F)(F)F. The van der Waals surface area contributed by atoms with Gasteiger partial charge in [-0.1, -0.05) is 42.5 Å². The molecule has 3 aromatic rings. The molecule has 0 aliphatic heterocycles. The van der Waals surface area contributed by atoms with Crippen molar-refractivity contribution in [2.75, 3.05) is 10.6 Å². The van der Waals surface area contributed by atoms with Crippen molar-refractivity contribution in [2.45, 2.75) is 32.0 Å². The Morgan fingerprint density at radius 2 is 1.61 bits per heavy atom. The molecular formula is C23H19F6N3O. The second-order valence-corrected chi connectivity index (χ2v) is 7.35. The zero-order valence-corrected chi connectivity index (χ0v) is 17.5. The van der Waals surface area contributed by atoms with Crippen LogP contribution in [0.3, 0.4) is 0 Å². The maximum atomic E-state index is 14.0. The molecule has 1 unspecified atom stereocenters. The summed E-state index contributed by atoms with van der Waals surface area (Å²) in [4.78, 5) is 15.7. The summed E-state index contributed by atoms with van der Waals surface area (Å²) in [6, 6.07) is 14.0. The molecule has 0 bridgehead atoms. The fraction of sp³-hybridized carbons (Fsp3) is 0.217. The van der Waals surface area contributed by atoms with Crippen LogP contribution < -0.4 is 10.6 Å². The fourth-order valence-electron chi connectivity index (χ4n) is 3.08. The number of aromatic nitrogens is 1. The Morgan fingerprint density at radius 3 is 2.21 bits per heavy atom. The van der Waals surface area contributed by atoms with Gasteiger partial charge in [0.05, 0.1) is 11.7 Å². The Hall–Kier alpha value is -3.56. The van der Waals surface area contributed by atoms with E-state index in [4.69, 9.17) is 0 Å². The summed E-state index contributed by atoms with van der Waals surface area (Å²) in [6.07, 6.45) is -4.71. The molecular weight excluding hydrogens is 448 g/mol. The number of rotatable bonds is 6. The van der Waals surface area contributed by atoms with E-state index in [2.05, 4.69) is 10.3 Å². The highest BCUT2D eigenvalue weighted by molar-refractivity contribution is 5.99. The van der Waals surface area contributed by atoms with Gasteiger partial charge < -0.3 is 10.6 Å². The number of benzene rings is 2. The molecule has 33 heavy (non-hydrogen) atoms. The lowest BCUT2D eigenvalue weighted by atomic mass is 10.0. The van der Waals surface area contributed by atoms with Gasteiger partial charge in [0, 0.05) is 11.8 Å². The normalized spacial score (nSPS) is 12.8. The maximum Gasteiger partial charge on any atom is 0.463 e. The van der Waals surface area contributed by atoms with E-state index >= 15 is 0 Å². The van der Waals surface area contributed by atoms with Crippen LogP contribution >= 0.6 is 0 Å². The summed E-state index contributed by atoms with van der Waals surface area (Å²) < 4.78 is 78.4. The largest absolute Gasteiger partial charge is 0.463 e. The summed E-state index contributed by atoms with van der Waals surface area (Å²) in [5, 5.41) is 4.55. The second-order valence-electron chi connectivity index (χ2n) is 7.35. The summed E-state index contributed by atoms with van der Waals surface area (Å²) in [5.74, 6) is -8.53. The van der Waals surface area contributed by atoms with E-state index in [-0.39, 0.29) is 22.9 Å². The zero-order valence-electron chi connectivity index (χ0n) is 17.5. The van der Waals surface area contributed by atoms with Crippen molar-refractivity contribution in [3.05, 3.63) is 77.7 Å². The molecule has 0 aliphatic carbocycles. The quantitative estimate of drug-likeness (QED) is 0.407. The average Bonchev–Trinajstić information content (AvgIpc) is 2.75. The lowest BCUT2D eigenvalue weighted by molar-refractivity contribution is -0.267. The molecule has 0 saturated carbocycles. The molecule has 1 atom stereocenters. The lowest BCUT2D eigenvalue weighted by Crippen LogP contribution is -2.47. The number of carbonyl (C=O) groups excluding carboxylic acids is 1. The Labute approximate surface area is 185 Å². The van der Waals surface area contributed by atoms with E-state index in [0.29, 0.717) is 16.7 Å². The highest BCUT2D eigenvalue weighted by Crippen LogP contribution is 2.37. The minimum absolute atomic E-state index is 0.0768. The van der Waals surface area contributed by atoms with Gasteiger partial charge >= 0.3 is 18.0 Å². The van der Waals surface area contributed by atoms with Gasteiger partial charge in [-0.05, 0) is 42.7 Å². The first-order valence-electron chi connectivity index (χ1n) is 9.75. The van der Waals surface area contributed by atoms with Crippen LogP contribution in [0.5, 0.6) is 0 Å². The first-order valence-corrected chi connectivity index (χ1v) is 9.75. The van der Waals surface area contributed by atoms with Crippen LogP contribution in [0.15, 0.2) is 60.8 Å². The summed E-state index contributed by atoms with van der Waals surface area (Å²) in [6.45, 7) is 3.14. The van der Waals surface area contributed by atoms with Gasteiger partial charge in [-0.15, -0.1) is 0 Å². The molecule has 3 rings (SSSR count). The van der Waals surface area contributed by atoms with Crippen LogP contribution in [0, 0.1) is 12.7 Å². The molecule has 174 valence electrons. The van der Waals surface area contributed by atoms with Crippen molar-refractivity contribution in [1.82, 2.24) is 4.98 Å². The van der Waals surface area contributed by atoms with Crippen molar-refractivity contribution >= 4 is 17.4 Å². The van der Waals surface area contributed by atoms with E-state index in [1.54, 1.807) is 54.7 Å². The Morgan fingerprint density at radius 1 is 0.970 bits per heavy atom. The fourth-order valence-corrected chi connectivity index (χ4v) is 3.08. The average molecular weight is 467 g/mol. The van der Waals surface area contributed by atoms with Gasteiger partial charge in [-0.2, -0.15) is 22.0 Å². The highest BCUT2D eigenvalue weighted by Gasteiger charge is 2.63. The van der Waals surface area contributed by atoms with Gasteiger partial charge in [-0.3, -0.25) is 4.79 Å². The molecule has 0 fully saturated rings. The number of nitrogens with one attached hydrogen (secondary N) is 2. The van der Waals surface area contributed by atoms with Gasteiger partial charge in [0.15, 0.2) is 5.82 Å². The van der Waals surface area contributed by atoms with Crippen molar-refractivity contribution in [1.29, 1.82) is 0 Å². The first-order chi connectivity index (χ1) is 15.4. The number of halogens is 6. The Balaban J connectivity index is 1.82. The van der Waals surface area contributed by atoms with Crippen LogP contribution in [-0.4, -0.2) is 23.0 Å². The minimum Gasteiger partial charge on any atom is -0.362 e. The van der Waals surface area contributed by atoms with E-state index in [1.165, 1.54) is 25.3 Å². The lowest BCUT2D eigenvalue weighted by Gasteiger charge is -2.22. The number of aryl methyl sites for hydroxylation is 1. The molecule has 0 radical (unpaired) electrons. The topological polar surface area (TPSA) is 54.0 Å². The van der Waals surface area contributed by atoms with Crippen LogP contribution in [-0.2, 0) is 4.79 Å². The monoisotopic (exact) mass is 467 g/mol. The third-order valence-electron chi connectivity index (χ3n) is 4.99. The van der Waals surface area contributed by atoms with E-state index in [1.807, 2.05) is 0 Å². The number of alkyl halides is 5. The number of pyridine rings is 1. The van der Waals surface area contributed by atoms with E-state index in [0.717, 1.165) is 0 Å². The standard InChI is InChI=1S/C23H19F6N3O/c1-13-11-12-30-20(19(13)32-21(33)22(25,26)23(27,28)29)31-14(2)15-7-9-16(10-8-15)17-5-3-4-6-18(17)24/h3-12,14H,1-2H3,(H,30,31)(H,32,33). The smallest absolute Gasteiger partial charge is 0.362 e. The predicted molar refractivity (Wildman–Crippen MR) is 112 cm³/mol. The van der Waals surface area contributed by atoms with Gasteiger partial charge in [-0.25, -0.2) is 9.37 Å². The summed E-state index contributed by atoms with van der Waals surface area (Å²) in [7, 11) is 0. The van der Waals surface area contributed by atoms with Gasteiger partial charge in [0.1, 0.15) is 5.82 Å². The molecule has 0 spiro atoms. The third-order valence-corrected chi connectivity index (χ3v) is 4.99. The van der Waals surface area contributed by atoms with Crippen LogP contribution in [0.2, 0.25) is 0 Å². The van der Waals surface area contributed by atoms with Crippen molar-refractivity contribution in [3.8, 4) is 11.1 Å². The number of nitrogens with zero attached hydrogens (tertiary/aromatic N) is 1. The summed E-state index contributed by atoms with van der Waals surface area (Å²) in [5.41, 5.74) is 1.71. The van der Waals surface area contributed by atoms with Gasteiger partial charge in [0.2, 0.25) is 0 Å². The number of anilines is 2. The number of carbonyl (C=O) groups is 1. The molecule has 1 heterocycles. The molecule has 0 saturated heterocycles. The summed E-state index contributed by atoms with van der Waals surface area (Å²) >= 11 is 0.